The summed E-state index contributed by atoms with van der Waals surface area (Å²) in [5.74, 6) is 0.903. The fourth-order valence-electron chi connectivity index (χ4n) is 3.02. The minimum atomic E-state index is 0.276. The number of amides is 1. The lowest BCUT2D eigenvalue weighted by molar-refractivity contribution is -0.130. The maximum absolute atomic E-state index is 12.0. The van der Waals surface area contributed by atoms with Crippen LogP contribution in [0.2, 0.25) is 0 Å². The second-order valence-electron chi connectivity index (χ2n) is 6.15. The van der Waals surface area contributed by atoms with Gasteiger partial charge in [-0.1, -0.05) is 6.92 Å². The van der Waals surface area contributed by atoms with Crippen LogP contribution in [0.5, 0.6) is 0 Å². The van der Waals surface area contributed by atoms with Crippen molar-refractivity contribution in [3.05, 3.63) is 0 Å². The highest BCUT2D eigenvalue weighted by atomic mass is 16.2. The van der Waals surface area contributed by atoms with Crippen molar-refractivity contribution < 1.29 is 4.79 Å². The zero-order chi connectivity index (χ0) is 13.7. The lowest BCUT2D eigenvalue weighted by Crippen LogP contribution is -2.41. The average Bonchev–Trinajstić information content (AvgIpc) is 3.08. The number of hydrogen-bond donors (Lipinski definition) is 1. The largest absolute Gasteiger partial charge is 0.339 e. The molecule has 1 amide bonds. The molecule has 2 rings (SSSR count). The predicted molar refractivity (Wildman–Crippen MR) is 78.1 cm³/mol. The number of nitrogens with zero attached hydrogens (tertiary/aromatic N) is 2. The van der Waals surface area contributed by atoms with Crippen molar-refractivity contribution in [1.82, 2.24) is 15.1 Å². The Labute approximate surface area is 117 Å². The van der Waals surface area contributed by atoms with Crippen LogP contribution in [0.15, 0.2) is 0 Å². The summed E-state index contributed by atoms with van der Waals surface area (Å²) in [5.41, 5.74) is 0. The van der Waals surface area contributed by atoms with E-state index >= 15 is 0 Å². The summed E-state index contributed by atoms with van der Waals surface area (Å²) in [7, 11) is 0. The Bertz CT molecular complexity index is 285. The van der Waals surface area contributed by atoms with Gasteiger partial charge >= 0.3 is 0 Å². The highest BCUT2D eigenvalue weighted by Crippen LogP contribution is 2.26. The quantitative estimate of drug-likeness (QED) is 0.720. The van der Waals surface area contributed by atoms with Gasteiger partial charge in [0.25, 0.3) is 0 Å². The van der Waals surface area contributed by atoms with Crippen LogP contribution >= 0.6 is 0 Å². The molecular weight excluding hydrogens is 238 g/mol. The molecule has 1 heterocycles. The first-order valence-electron chi connectivity index (χ1n) is 7.93. The van der Waals surface area contributed by atoms with Crippen molar-refractivity contribution in [2.45, 2.75) is 45.6 Å². The van der Waals surface area contributed by atoms with Crippen LogP contribution in [0.3, 0.4) is 0 Å². The molecule has 0 aromatic heterocycles. The second-order valence-corrected chi connectivity index (χ2v) is 6.15. The summed E-state index contributed by atoms with van der Waals surface area (Å²) in [5, 5.41) is 3.34. The van der Waals surface area contributed by atoms with Crippen LogP contribution in [-0.4, -0.2) is 61.0 Å². The van der Waals surface area contributed by atoms with Gasteiger partial charge in [0.15, 0.2) is 0 Å². The summed E-state index contributed by atoms with van der Waals surface area (Å²) in [6, 6.07) is 0.543. The van der Waals surface area contributed by atoms with Crippen LogP contribution in [-0.2, 0) is 4.79 Å². The van der Waals surface area contributed by atoms with E-state index in [1.807, 2.05) is 4.90 Å². The minimum Gasteiger partial charge on any atom is -0.339 e. The SMILES string of the molecule is CCN(C(=O)CNCC(C)CN1CCCC1)C1CC1. The van der Waals surface area contributed by atoms with Gasteiger partial charge in [-0.2, -0.15) is 0 Å². The fraction of sp³-hybridized carbons (Fsp3) is 0.933. The molecule has 110 valence electrons. The van der Waals surface area contributed by atoms with E-state index in [1.54, 1.807) is 0 Å². The Hall–Kier alpha value is -0.610. The maximum atomic E-state index is 12.0. The Balaban J connectivity index is 1.58. The lowest BCUT2D eigenvalue weighted by Gasteiger charge is -2.23. The third-order valence-corrected chi connectivity index (χ3v) is 4.19. The third-order valence-electron chi connectivity index (χ3n) is 4.19. The Morgan fingerprint density at radius 2 is 2.05 bits per heavy atom. The van der Waals surface area contributed by atoms with Gasteiger partial charge in [-0.05, 0) is 58.2 Å². The van der Waals surface area contributed by atoms with Crippen LogP contribution < -0.4 is 5.32 Å². The molecule has 2 aliphatic rings. The number of rotatable bonds is 8. The molecular formula is C15H29N3O. The first-order chi connectivity index (χ1) is 9.20. The van der Waals surface area contributed by atoms with E-state index in [0.717, 1.165) is 13.1 Å². The van der Waals surface area contributed by atoms with Crippen LogP contribution in [0.1, 0.15) is 39.5 Å². The molecule has 0 bridgehead atoms. The third kappa shape index (κ3) is 4.77. The highest BCUT2D eigenvalue weighted by Gasteiger charge is 2.30. The molecule has 0 spiro atoms. The molecule has 4 nitrogen and oxygen atoms in total. The van der Waals surface area contributed by atoms with Gasteiger partial charge in [0, 0.05) is 19.1 Å². The Kier molecular flexibility index (Phi) is 5.64. The molecule has 1 saturated carbocycles. The molecule has 0 aromatic rings. The summed E-state index contributed by atoms with van der Waals surface area (Å²) in [6.45, 7) is 10.3. The van der Waals surface area contributed by atoms with E-state index in [9.17, 15) is 4.79 Å². The van der Waals surface area contributed by atoms with Gasteiger partial charge in [0.05, 0.1) is 6.54 Å². The van der Waals surface area contributed by atoms with Gasteiger partial charge in [-0.25, -0.2) is 0 Å². The zero-order valence-electron chi connectivity index (χ0n) is 12.5. The van der Waals surface area contributed by atoms with Crippen molar-refractivity contribution >= 4 is 5.91 Å². The molecule has 1 aliphatic carbocycles. The lowest BCUT2D eigenvalue weighted by atomic mass is 10.1. The highest BCUT2D eigenvalue weighted by molar-refractivity contribution is 5.78. The molecule has 1 saturated heterocycles. The normalized spacial score (nSPS) is 21.6. The Morgan fingerprint density at radius 3 is 2.63 bits per heavy atom. The molecule has 4 heteroatoms. The monoisotopic (exact) mass is 267 g/mol. The molecule has 1 N–H and O–H groups in total. The van der Waals surface area contributed by atoms with Crippen molar-refractivity contribution in [2.75, 3.05) is 39.3 Å². The van der Waals surface area contributed by atoms with Crippen molar-refractivity contribution in [3.8, 4) is 0 Å². The first kappa shape index (κ1) is 14.8. The van der Waals surface area contributed by atoms with Crippen molar-refractivity contribution in [3.63, 3.8) is 0 Å². The Morgan fingerprint density at radius 1 is 1.37 bits per heavy atom. The van der Waals surface area contributed by atoms with Crippen molar-refractivity contribution in [1.29, 1.82) is 0 Å². The number of likely N-dealkylation sites (tertiary alicyclic amines) is 1. The molecule has 19 heavy (non-hydrogen) atoms. The van der Waals surface area contributed by atoms with E-state index in [4.69, 9.17) is 0 Å². The van der Waals surface area contributed by atoms with Gasteiger partial charge < -0.3 is 15.1 Å². The average molecular weight is 267 g/mol. The second kappa shape index (κ2) is 7.25. The van der Waals surface area contributed by atoms with E-state index in [0.29, 0.717) is 18.5 Å². The molecule has 0 radical (unpaired) electrons. The number of hydrogen-bond acceptors (Lipinski definition) is 3. The number of nitrogens with one attached hydrogen (secondary N) is 1. The van der Waals surface area contributed by atoms with E-state index < -0.39 is 0 Å². The fourth-order valence-corrected chi connectivity index (χ4v) is 3.02. The topological polar surface area (TPSA) is 35.6 Å². The van der Waals surface area contributed by atoms with Gasteiger partial charge in [-0.3, -0.25) is 4.79 Å². The summed E-state index contributed by atoms with van der Waals surface area (Å²) in [4.78, 5) is 16.6. The number of carbonyl (C=O) groups is 1. The maximum Gasteiger partial charge on any atom is 0.236 e. The van der Waals surface area contributed by atoms with Crippen LogP contribution in [0, 0.1) is 5.92 Å². The van der Waals surface area contributed by atoms with Crippen molar-refractivity contribution in [2.24, 2.45) is 5.92 Å². The minimum absolute atomic E-state index is 0.276. The van der Waals surface area contributed by atoms with Gasteiger partial charge in [0.1, 0.15) is 0 Å². The smallest absolute Gasteiger partial charge is 0.236 e. The predicted octanol–water partition coefficient (Wildman–Crippen LogP) is 1.32. The number of carbonyl (C=O) groups excluding carboxylic acids is 1. The van der Waals surface area contributed by atoms with E-state index in [2.05, 4.69) is 24.1 Å². The van der Waals surface area contributed by atoms with E-state index in [1.165, 1.54) is 45.3 Å². The van der Waals surface area contributed by atoms with Gasteiger partial charge in [0.2, 0.25) is 5.91 Å². The summed E-state index contributed by atoms with van der Waals surface area (Å²) < 4.78 is 0. The molecule has 1 atom stereocenters. The molecule has 1 aliphatic heterocycles. The molecule has 1 unspecified atom stereocenters. The molecule has 2 fully saturated rings. The standard InChI is InChI=1S/C15H29N3O/c1-3-18(14-6-7-14)15(19)11-16-10-13(2)12-17-8-4-5-9-17/h13-14,16H,3-12H2,1-2H3. The number of likely N-dealkylation sites (N-methyl/N-ethyl adjacent to an activating group) is 1. The zero-order valence-corrected chi connectivity index (χ0v) is 12.5. The van der Waals surface area contributed by atoms with Crippen LogP contribution in [0.4, 0.5) is 0 Å². The first-order valence-corrected chi connectivity index (χ1v) is 7.93. The van der Waals surface area contributed by atoms with Gasteiger partial charge in [-0.15, -0.1) is 0 Å². The van der Waals surface area contributed by atoms with E-state index in [-0.39, 0.29) is 5.91 Å². The molecule has 0 aromatic carbocycles. The van der Waals surface area contributed by atoms with Crippen LogP contribution in [0.25, 0.3) is 0 Å². The summed E-state index contributed by atoms with van der Waals surface area (Å²) >= 11 is 0. The summed E-state index contributed by atoms with van der Waals surface area (Å²) in [6.07, 6.45) is 5.10.